The average Bonchev–Trinajstić information content (AvgIpc) is 2.76. The number of carbonyl (C=O) groups is 2. The Balaban J connectivity index is 1.89. The molecule has 1 aliphatic rings. The van der Waals surface area contributed by atoms with Gasteiger partial charge in [-0.1, -0.05) is 29.8 Å². The molecule has 0 fully saturated rings. The number of amides is 2. The average molecular weight is 303 g/mol. The molecule has 0 atom stereocenters. The van der Waals surface area contributed by atoms with Gasteiger partial charge in [-0.05, 0) is 18.2 Å². The third-order valence-corrected chi connectivity index (χ3v) is 3.61. The molecule has 0 saturated heterocycles. The topological polar surface area (TPSA) is 78.4 Å². The van der Waals surface area contributed by atoms with Crippen molar-refractivity contribution in [1.82, 2.24) is 5.32 Å². The summed E-state index contributed by atoms with van der Waals surface area (Å²) in [6.45, 7) is 0.282. The first kappa shape index (κ1) is 13.5. The summed E-state index contributed by atoms with van der Waals surface area (Å²) in [5, 5.41) is 15.4. The molecule has 0 saturated carbocycles. The molecule has 2 amide bonds. The zero-order valence-electron chi connectivity index (χ0n) is 10.8. The van der Waals surface area contributed by atoms with Gasteiger partial charge in [-0.3, -0.25) is 14.9 Å². The van der Waals surface area contributed by atoms with E-state index in [0.29, 0.717) is 22.4 Å². The van der Waals surface area contributed by atoms with Crippen molar-refractivity contribution in [2.75, 3.05) is 5.32 Å². The van der Waals surface area contributed by atoms with Crippen molar-refractivity contribution in [3.05, 3.63) is 58.1 Å². The molecule has 1 aliphatic heterocycles. The van der Waals surface area contributed by atoms with Crippen LogP contribution in [0.15, 0.2) is 36.4 Å². The molecule has 0 aliphatic carbocycles. The van der Waals surface area contributed by atoms with E-state index in [-0.39, 0.29) is 17.3 Å². The molecule has 2 aromatic rings. The molecule has 1 heterocycles. The van der Waals surface area contributed by atoms with Gasteiger partial charge in [0, 0.05) is 17.8 Å². The molecule has 21 heavy (non-hydrogen) atoms. The summed E-state index contributed by atoms with van der Waals surface area (Å²) in [4.78, 5) is 23.4. The summed E-state index contributed by atoms with van der Waals surface area (Å²) in [6, 6.07) is 10.0. The van der Waals surface area contributed by atoms with E-state index in [4.69, 9.17) is 11.6 Å². The zero-order valence-corrected chi connectivity index (χ0v) is 11.6. The van der Waals surface area contributed by atoms with Crippen LogP contribution >= 0.6 is 11.6 Å². The fourth-order valence-electron chi connectivity index (χ4n) is 2.26. The van der Waals surface area contributed by atoms with Crippen molar-refractivity contribution in [2.24, 2.45) is 0 Å². The number of phenolic OH excluding ortho intramolecular Hbond substituents is 1. The lowest BCUT2D eigenvalue weighted by Gasteiger charge is -2.11. The molecule has 0 radical (unpaired) electrons. The van der Waals surface area contributed by atoms with Gasteiger partial charge in [0.05, 0.1) is 16.1 Å². The Morgan fingerprint density at radius 1 is 1.10 bits per heavy atom. The minimum Gasteiger partial charge on any atom is -0.506 e. The Kier molecular flexibility index (Phi) is 3.27. The van der Waals surface area contributed by atoms with E-state index in [9.17, 15) is 14.7 Å². The number of benzene rings is 2. The lowest BCUT2D eigenvalue weighted by Crippen LogP contribution is -2.20. The number of fused-ring (bicyclic) bond motifs is 1. The maximum absolute atomic E-state index is 11.8. The van der Waals surface area contributed by atoms with Gasteiger partial charge >= 0.3 is 0 Å². The van der Waals surface area contributed by atoms with Gasteiger partial charge in [0.1, 0.15) is 5.75 Å². The highest BCUT2D eigenvalue weighted by molar-refractivity contribution is 6.32. The molecule has 106 valence electrons. The third kappa shape index (κ3) is 2.32. The van der Waals surface area contributed by atoms with E-state index in [0.717, 1.165) is 0 Å². The maximum atomic E-state index is 11.8. The standard InChI is InChI=1S/C15H11ClN2O3/c16-10-5-1-3-8(13(10)19)7-17-11-6-2-4-9-12(11)15(21)18-14(9)20/h1-6,17,19H,7H2,(H,18,20,21). The Labute approximate surface area is 125 Å². The number of para-hydroxylation sites is 1. The summed E-state index contributed by atoms with van der Waals surface area (Å²) >= 11 is 5.85. The second kappa shape index (κ2) is 5.10. The van der Waals surface area contributed by atoms with E-state index in [1.807, 2.05) is 0 Å². The van der Waals surface area contributed by atoms with E-state index in [1.54, 1.807) is 36.4 Å². The monoisotopic (exact) mass is 302 g/mol. The highest BCUT2D eigenvalue weighted by atomic mass is 35.5. The summed E-state index contributed by atoms with van der Waals surface area (Å²) in [5.41, 5.74) is 1.81. The van der Waals surface area contributed by atoms with Gasteiger partial charge in [0.15, 0.2) is 0 Å². The Hall–Kier alpha value is -2.53. The number of carbonyl (C=O) groups excluding carboxylic acids is 2. The Morgan fingerprint density at radius 2 is 1.86 bits per heavy atom. The fraction of sp³-hybridized carbons (Fsp3) is 0.0667. The number of hydrogen-bond acceptors (Lipinski definition) is 4. The van der Waals surface area contributed by atoms with Crippen molar-refractivity contribution < 1.29 is 14.7 Å². The first-order chi connectivity index (χ1) is 10.1. The molecule has 0 aromatic heterocycles. The first-order valence-corrected chi connectivity index (χ1v) is 6.64. The largest absolute Gasteiger partial charge is 0.506 e. The Bertz CT molecular complexity index is 759. The van der Waals surface area contributed by atoms with Crippen LogP contribution in [-0.2, 0) is 6.54 Å². The zero-order chi connectivity index (χ0) is 15.0. The van der Waals surface area contributed by atoms with Crippen LogP contribution in [0, 0.1) is 0 Å². The van der Waals surface area contributed by atoms with E-state index >= 15 is 0 Å². The van der Waals surface area contributed by atoms with E-state index in [2.05, 4.69) is 10.6 Å². The lowest BCUT2D eigenvalue weighted by molar-refractivity contribution is 0.0880. The molecular formula is C15H11ClN2O3. The van der Waals surface area contributed by atoms with Gasteiger partial charge in [-0.2, -0.15) is 0 Å². The van der Waals surface area contributed by atoms with Crippen molar-refractivity contribution in [3.8, 4) is 5.75 Å². The quantitative estimate of drug-likeness (QED) is 0.761. The predicted molar refractivity (Wildman–Crippen MR) is 78.7 cm³/mol. The van der Waals surface area contributed by atoms with Crippen LogP contribution in [0.5, 0.6) is 5.75 Å². The predicted octanol–water partition coefficient (Wildman–Crippen LogP) is 2.54. The highest BCUT2D eigenvalue weighted by Crippen LogP contribution is 2.29. The molecule has 3 N–H and O–H groups in total. The SMILES string of the molecule is O=C1NC(=O)c2c(NCc3cccc(Cl)c3O)cccc21. The van der Waals surface area contributed by atoms with Crippen LogP contribution in [0.1, 0.15) is 26.3 Å². The van der Waals surface area contributed by atoms with Crippen LogP contribution < -0.4 is 10.6 Å². The minimum atomic E-state index is -0.423. The maximum Gasteiger partial charge on any atom is 0.261 e. The molecule has 0 spiro atoms. The molecular weight excluding hydrogens is 292 g/mol. The van der Waals surface area contributed by atoms with Crippen LogP contribution in [-0.4, -0.2) is 16.9 Å². The van der Waals surface area contributed by atoms with Gasteiger partial charge in [0.2, 0.25) is 0 Å². The number of phenols is 1. The van der Waals surface area contributed by atoms with Gasteiger partial charge in [-0.25, -0.2) is 0 Å². The number of nitrogens with one attached hydrogen (secondary N) is 2. The summed E-state index contributed by atoms with van der Waals surface area (Å²) in [6.07, 6.45) is 0. The van der Waals surface area contributed by atoms with Crippen LogP contribution in [0.25, 0.3) is 0 Å². The molecule has 0 unspecified atom stereocenters. The summed E-state index contributed by atoms with van der Waals surface area (Å²) < 4.78 is 0. The number of rotatable bonds is 3. The van der Waals surface area contributed by atoms with E-state index in [1.165, 1.54) is 0 Å². The molecule has 5 nitrogen and oxygen atoms in total. The number of aromatic hydroxyl groups is 1. The second-order valence-electron chi connectivity index (χ2n) is 4.61. The minimum absolute atomic E-state index is 0.000212. The number of halogens is 1. The molecule has 0 bridgehead atoms. The number of imide groups is 1. The first-order valence-electron chi connectivity index (χ1n) is 6.27. The van der Waals surface area contributed by atoms with E-state index < -0.39 is 11.8 Å². The molecule has 6 heteroatoms. The van der Waals surface area contributed by atoms with Gasteiger partial charge in [-0.15, -0.1) is 0 Å². The van der Waals surface area contributed by atoms with Crippen molar-refractivity contribution >= 4 is 29.1 Å². The van der Waals surface area contributed by atoms with Crippen LogP contribution in [0.2, 0.25) is 5.02 Å². The summed E-state index contributed by atoms with van der Waals surface area (Å²) in [5.74, 6) is -0.822. The summed E-state index contributed by atoms with van der Waals surface area (Å²) in [7, 11) is 0. The highest BCUT2D eigenvalue weighted by Gasteiger charge is 2.29. The number of anilines is 1. The van der Waals surface area contributed by atoms with Crippen molar-refractivity contribution in [2.45, 2.75) is 6.54 Å². The Morgan fingerprint density at radius 3 is 2.67 bits per heavy atom. The number of hydrogen-bond donors (Lipinski definition) is 3. The fourth-order valence-corrected chi connectivity index (χ4v) is 2.45. The van der Waals surface area contributed by atoms with Crippen LogP contribution in [0.3, 0.4) is 0 Å². The molecule has 2 aromatic carbocycles. The van der Waals surface area contributed by atoms with Gasteiger partial charge < -0.3 is 10.4 Å². The third-order valence-electron chi connectivity index (χ3n) is 3.30. The van der Waals surface area contributed by atoms with Crippen molar-refractivity contribution in [1.29, 1.82) is 0 Å². The van der Waals surface area contributed by atoms with Crippen LogP contribution in [0.4, 0.5) is 5.69 Å². The van der Waals surface area contributed by atoms with Gasteiger partial charge in [0.25, 0.3) is 11.8 Å². The smallest absolute Gasteiger partial charge is 0.261 e. The van der Waals surface area contributed by atoms with Crippen molar-refractivity contribution in [3.63, 3.8) is 0 Å². The second-order valence-corrected chi connectivity index (χ2v) is 5.02. The molecule has 3 rings (SSSR count). The lowest BCUT2D eigenvalue weighted by atomic mass is 10.1. The normalized spacial score (nSPS) is 13.0.